The van der Waals surface area contributed by atoms with E-state index in [9.17, 15) is 10.1 Å². The molecule has 0 aromatic heterocycles. The zero-order valence-electron chi connectivity index (χ0n) is 22.4. The Balaban J connectivity index is 1.46. The van der Waals surface area contributed by atoms with E-state index in [1.807, 2.05) is 12.1 Å². The minimum absolute atomic E-state index is 0.140. The van der Waals surface area contributed by atoms with E-state index in [1.54, 1.807) is 12.1 Å². The fourth-order valence-corrected chi connectivity index (χ4v) is 5.94. The van der Waals surface area contributed by atoms with E-state index in [4.69, 9.17) is 0 Å². The van der Waals surface area contributed by atoms with Crippen LogP contribution in [-0.4, -0.2) is 26.8 Å². The molecule has 4 aromatic carbocycles. The maximum absolute atomic E-state index is 11.2. The van der Waals surface area contributed by atoms with E-state index in [0.717, 1.165) is 44.6 Å². The second-order valence-corrected chi connectivity index (χ2v) is 10.6. The highest BCUT2D eigenvalue weighted by Crippen LogP contribution is 2.32. The number of nitro groups is 1. The maximum Gasteiger partial charge on any atom is 0.269 e. The van der Waals surface area contributed by atoms with Gasteiger partial charge in [0.05, 0.1) is 4.92 Å². The van der Waals surface area contributed by atoms with Crippen molar-refractivity contribution in [3.8, 4) is 0 Å². The van der Waals surface area contributed by atoms with Crippen molar-refractivity contribution in [1.82, 2.24) is 9.80 Å². The topological polar surface area (TPSA) is 49.6 Å². The van der Waals surface area contributed by atoms with Gasteiger partial charge in [-0.3, -0.25) is 19.9 Å². The molecule has 2 atom stereocenters. The first-order valence-corrected chi connectivity index (χ1v) is 14.0. The van der Waals surface area contributed by atoms with Gasteiger partial charge in [-0.15, -0.1) is 0 Å². The Morgan fingerprint density at radius 3 is 1.21 bits per heavy atom. The normalized spacial score (nSPS) is 17.4. The molecule has 0 heterocycles. The molecule has 0 aliphatic heterocycles. The third-order valence-corrected chi connectivity index (χ3v) is 7.85. The third kappa shape index (κ3) is 7.41. The minimum atomic E-state index is -0.326. The summed E-state index contributed by atoms with van der Waals surface area (Å²) in [6.07, 6.45) is 4.76. The van der Waals surface area contributed by atoms with Gasteiger partial charge < -0.3 is 0 Å². The van der Waals surface area contributed by atoms with Gasteiger partial charge in [0.25, 0.3) is 5.69 Å². The summed E-state index contributed by atoms with van der Waals surface area (Å²) in [5.41, 5.74) is 5.21. The minimum Gasteiger partial charge on any atom is -0.290 e. The van der Waals surface area contributed by atoms with Crippen molar-refractivity contribution >= 4 is 5.69 Å². The molecular weight excluding hydrogens is 482 g/mol. The molecule has 4 aromatic rings. The first kappa shape index (κ1) is 26.8. The third-order valence-electron chi connectivity index (χ3n) is 7.85. The van der Waals surface area contributed by atoms with Gasteiger partial charge in [0.15, 0.2) is 0 Å². The fraction of sp³-hybridized carbons (Fsp3) is 0.294. The zero-order chi connectivity index (χ0) is 26.9. The zero-order valence-corrected chi connectivity index (χ0v) is 22.4. The highest BCUT2D eigenvalue weighted by atomic mass is 16.6. The Morgan fingerprint density at radius 1 is 0.538 bits per heavy atom. The molecule has 0 bridgehead atoms. The second-order valence-electron chi connectivity index (χ2n) is 10.6. The molecule has 5 nitrogen and oxygen atoms in total. The van der Waals surface area contributed by atoms with Crippen molar-refractivity contribution in [3.63, 3.8) is 0 Å². The predicted molar refractivity (Wildman–Crippen MR) is 157 cm³/mol. The molecular formula is C34H37N3O2. The summed E-state index contributed by atoms with van der Waals surface area (Å²) in [4.78, 5) is 16.2. The number of non-ortho nitro benzene ring substituents is 1. The highest BCUT2D eigenvalue weighted by Gasteiger charge is 2.34. The van der Waals surface area contributed by atoms with Crippen LogP contribution in [0.4, 0.5) is 5.69 Å². The van der Waals surface area contributed by atoms with E-state index >= 15 is 0 Å². The van der Waals surface area contributed by atoms with Crippen molar-refractivity contribution in [1.29, 1.82) is 0 Å². The first-order valence-electron chi connectivity index (χ1n) is 14.0. The van der Waals surface area contributed by atoms with Crippen LogP contribution in [0.2, 0.25) is 0 Å². The van der Waals surface area contributed by atoms with Gasteiger partial charge in [0.1, 0.15) is 0 Å². The van der Waals surface area contributed by atoms with Crippen LogP contribution >= 0.6 is 0 Å². The Kier molecular flexibility index (Phi) is 9.15. The van der Waals surface area contributed by atoms with Gasteiger partial charge >= 0.3 is 0 Å². The molecule has 0 amide bonds. The van der Waals surface area contributed by atoms with Crippen molar-refractivity contribution in [2.75, 3.05) is 0 Å². The first-order chi connectivity index (χ1) is 19.2. The lowest BCUT2D eigenvalue weighted by molar-refractivity contribution is -0.384. The van der Waals surface area contributed by atoms with Gasteiger partial charge in [-0.25, -0.2) is 0 Å². The second kappa shape index (κ2) is 13.3. The van der Waals surface area contributed by atoms with Crippen LogP contribution in [0.1, 0.15) is 47.9 Å². The molecule has 5 rings (SSSR count). The molecule has 39 heavy (non-hydrogen) atoms. The Hall–Kier alpha value is -3.80. The van der Waals surface area contributed by atoms with Crippen LogP contribution in [-0.2, 0) is 26.2 Å². The highest BCUT2D eigenvalue weighted by molar-refractivity contribution is 5.33. The lowest BCUT2D eigenvalue weighted by Gasteiger charge is -2.45. The summed E-state index contributed by atoms with van der Waals surface area (Å²) in [7, 11) is 0. The van der Waals surface area contributed by atoms with Crippen LogP contribution in [0, 0.1) is 10.1 Å². The van der Waals surface area contributed by atoms with Crippen molar-refractivity contribution < 1.29 is 4.92 Å². The smallest absolute Gasteiger partial charge is 0.269 e. The molecule has 200 valence electrons. The van der Waals surface area contributed by atoms with Gasteiger partial charge in [0.2, 0.25) is 0 Å². The number of rotatable bonds is 11. The Labute approximate surface area is 231 Å². The molecule has 1 fully saturated rings. The summed E-state index contributed by atoms with van der Waals surface area (Å²) in [6.45, 7) is 3.43. The van der Waals surface area contributed by atoms with E-state index in [1.165, 1.54) is 29.5 Å². The van der Waals surface area contributed by atoms with Crippen LogP contribution < -0.4 is 0 Å². The standard InChI is InChI=1S/C34H37N3O2/c38-37(39)32-22-20-31(21-23-32)27-36(26-30-16-8-3-9-17-30)34-19-11-10-18-33(34)35(24-28-12-4-1-5-13-28)25-29-14-6-2-7-15-29/h1-9,12-17,20-23,33-34H,10-11,18-19,24-27H2/t33-,34-/m1/s1. The van der Waals surface area contributed by atoms with Gasteiger partial charge in [-0.1, -0.05) is 116 Å². The summed E-state index contributed by atoms with van der Waals surface area (Å²) < 4.78 is 0. The molecule has 1 saturated carbocycles. The molecule has 0 unspecified atom stereocenters. The van der Waals surface area contributed by atoms with Crippen LogP contribution in [0.5, 0.6) is 0 Å². The largest absolute Gasteiger partial charge is 0.290 e. The average molecular weight is 520 g/mol. The van der Waals surface area contributed by atoms with Crippen molar-refractivity contribution in [2.24, 2.45) is 0 Å². The number of hydrogen-bond donors (Lipinski definition) is 0. The summed E-state index contributed by atoms with van der Waals surface area (Å²) in [5.74, 6) is 0. The summed E-state index contributed by atoms with van der Waals surface area (Å²) in [5, 5.41) is 11.2. The van der Waals surface area contributed by atoms with E-state index in [-0.39, 0.29) is 10.6 Å². The average Bonchev–Trinajstić information content (AvgIpc) is 2.98. The molecule has 0 saturated heterocycles. The van der Waals surface area contributed by atoms with E-state index in [2.05, 4.69) is 101 Å². The Morgan fingerprint density at radius 2 is 0.872 bits per heavy atom. The predicted octanol–water partition coefficient (Wildman–Crippen LogP) is 7.61. The summed E-state index contributed by atoms with van der Waals surface area (Å²) >= 11 is 0. The number of benzene rings is 4. The number of nitro benzene ring substituents is 1. The van der Waals surface area contributed by atoms with Crippen molar-refractivity contribution in [2.45, 2.75) is 63.9 Å². The molecule has 0 spiro atoms. The van der Waals surface area contributed by atoms with E-state index in [0.29, 0.717) is 12.1 Å². The van der Waals surface area contributed by atoms with Crippen LogP contribution in [0.3, 0.4) is 0 Å². The lowest BCUT2D eigenvalue weighted by Crippen LogP contribution is -2.52. The van der Waals surface area contributed by atoms with Gasteiger partial charge in [0, 0.05) is 50.4 Å². The van der Waals surface area contributed by atoms with Crippen LogP contribution in [0.15, 0.2) is 115 Å². The molecule has 1 aliphatic rings. The fourth-order valence-electron chi connectivity index (χ4n) is 5.94. The maximum atomic E-state index is 11.2. The summed E-state index contributed by atoms with van der Waals surface area (Å²) in [6, 6.07) is 40.2. The Bertz CT molecular complexity index is 1260. The monoisotopic (exact) mass is 519 g/mol. The molecule has 0 N–H and O–H groups in total. The van der Waals surface area contributed by atoms with Crippen molar-refractivity contribution in [3.05, 3.63) is 148 Å². The van der Waals surface area contributed by atoms with Gasteiger partial charge in [-0.05, 0) is 35.1 Å². The molecule has 0 radical (unpaired) electrons. The SMILES string of the molecule is O=[N+]([O-])c1ccc(CN(Cc2ccccc2)[C@@H]2CCCC[C@H]2N(Cc2ccccc2)Cc2ccccc2)cc1. The van der Waals surface area contributed by atoms with E-state index < -0.39 is 0 Å². The number of nitrogens with zero attached hydrogens (tertiary/aromatic N) is 3. The molecule has 1 aliphatic carbocycles. The lowest BCUT2D eigenvalue weighted by atomic mass is 9.86. The molecule has 5 heteroatoms. The van der Waals surface area contributed by atoms with Crippen LogP contribution in [0.25, 0.3) is 0 Å². The van der Waals surface area contributed by atoms with Gasteiger partial charge in [-0.2, -0.15) is 0 Å². The number of hydrogen-bond acceptors (Lipinski definition) is 4. The quantitative estimate of drug-likeness (QED) is 0.151.